The molecule has 1 amide bonds. The second kappa shape index (κ2) is 9.60. The van der Waals surface area contributed by atoms with Gasteiger partial charge >= 0.3 is 5.97 Å². The maximum atomic E-state index is 13.8. The summed E-state index contributed by atoms with van der Waals surface area (Å²) in [5, 5.41) is 4.94. The van der Waals surface area contributed by atoms with Gasteiger partial charge < -0.3 is 4.74 Å². The van der Waals surface area contributed by atoms with E-state index in [1.54, 1.807) is 23.9 Å². The number of rotatable bonds is 7. The highest BCUT2D eigenvalue weighted by atomic mass is 19.1. The summed E-state index contributed by atoms with van der Waals surface area (Å²) < 4.78 is 20.3. The third-order valence-corrected chi connectivity index (χ3v) is 5.18. The second-order valence-electron chi connectivity index (χ2n) is 7.29. The molecule has 0 unspecified atom stereocenters. The minimum Gasteiger partial charge on any atom is -0.465 e. The maximum Gasteiger partial charge on any atom is 0.326 e. The molecule has 0 saturated heterocycles. The van der Waals surface area contributed by atoms with Gasteiger partial charge in [0.15, 0.2) is 5.65 Å². The molecular weight excluding hydrogens is 423 g/mol. The van der Waals surface area contributed by atoms with Crippen molar-refractivity contribution in [2.75, 3.05) is 18.1 Å². The highest BCUT2D eigenvalue weighted by molar-refractivity contribution is 6.15. The molecule has 168 valence electrons. The first-order valence-electron chi connectivity index (χ1n) is 10.7. The van der Waals surface area contributed by atoms with Crippen LogP contribution in [0.3, 0.4) is 0 Å². The number of halogens is 1. The second-order valence-corrected chi connectivity index (χ2v) is 7.29. The number of fused-ring (bicyclic) bond motifs is 1. The van der Waals surface area contributed by atoms with E-state index < -0.39 is 17.7 Å². The van der Waals surface area contributed by atoms with E-state index in [-0.39, 0.29) is 13.2 Å². The molecule has 0 N–H and O–H groups in total. The van der Waals surface area contributed by atoms with E-state index in [9.17, 15) is 14.0 Å². The van der Waals surface area contributed by atoms with Crippen molar-refractivity contribution < 1.29 is 18.7 Å². The summed E-state index contributed by atoms with van der Waals surface area (Å²) in [4.78, 5) is 32.2. The number of carbonyl (C=O) groups is 2. The summed E-state index contributed by atoms with van der Waals surface area (Å²) in [5.74, 6) is -1.44. The molecule has 0 aliphatic rings. The molecule has 8 heteroatoms. The lowest BCUT2D eigenvalue weighted by Gasteiger charge is -2.22. The Morgan fingerprint density at radius 2 is 1.79 bits per heavy atom. The molecule has 0 fully saturated rings. The summed E-state index contributed by atoms with van der Waals surface area (Å²) in [5.41, 5.74) is 2.74. The van der Waals surface area contributed by atoms with Crippen molar-refractivity contribution in [2.24, 2.45) is 0 Å². The number of hydrogen-bond donors (Lipinski definition) is 0. The molecule has 4 rings (SSSR count). The van der Waals surface area contributed by atoms with Crippen molar-refractivity contribution in [1.29, 1.82) is 0 Å². The average molecular weight is 446 g/mol. The molecule has 33 heavy (non-hydrogen) atoms. The predicted octanol–water partition coefficient (Wildman–Crippen LogP) is 4.47. The van der Waals surface area contributed by atoms with E-state index in [2.05, 4.69) is 5.10 Å². The molecule has 7 nitrogen and oxygen atoms in total. The fourth-order valence-corrected chi connectivity index (χ4v) is 3.60. The van der Waals surface area contributed by atoms with Gasteiger partial charge in [-0.1, -0.05) is 30.3 Å². The Balaban J connectivity index is 1.86. The summed E-state index contributed by atoms with van der Waals surface area (Å²) in [6.45, 7) is 4.08. The number of nitrogens with zero attached hydrogens (tertiary/aromatic N) is 4. The average Bonchev–Trinajstić information content (AvgIpc) is 3.26. The zero-order valence-electron chi connectivity index (χ0n) is 18.4. The van der Waals surface area contributed by atoms with Gasteiger partial charge in [0.2, 0.25) is 0 Å². The Kier molecular flexibility index (Phi) is 6.44. The molecule has 0 saturated carbocycles. The smallest absolute Gasteiger partial charge is 0.326 e. The Hall–Kier alpha value is -4.07. The number of pyridine rings is 1. The fourth-order valence-electron chi connectivity index (χ4n) is 3.60. The number of benzene rings is 2. The zero-order chi connectivity index (χ0) is 23.4. The minimum atomic E-state index is -0.562. The monoisotopic (exact) mass is 446 g/mol. The molecule has 2 aromatic carbocycles. The molecule has 0 aliphatic heterocycles. The van der Waals surface area contributed by atoms with E-state index in [0.29, 0.717) is 34.5 Å². The lowest BCUT2D eigenvalue weighted by Crippen LogP contribution is -2.36. The fraction of sp³-hybridized carbons (Fsp3) is 0.200. The molecule has 2 aromatic heterocycles. The third-order valence-electron chi connectivity index (χ3n) is 5.18. The molecule has 0 spiro atoms. The minimum absolute atomic E-state index is 0.186. The number of esters is 1. The number of hydrogen-bond acceptors (Lipinski definition) is 5. The van der Waals surface area contributed by atoms with Crippen molar-refractivity contribution in [1.82, 2.24) is 14.8 Å². The lowest BCUT2D eigenvalue weighted by atomic mass is 10.1. The van der Waals surface area contributed by atoms with Gasteiger partial charge in [-0.15, -0.1) is 0 Å². The first-order valence-corrected chi connectivity index (χ1v) is 10.7. The number of ether oxygens (including phenoxy) is 1. The standard InChI is InChI=1S/C25H23FN4O3/c1-3-30-24-21(15-27-30)20(14-22(28-24)17-8-6-5-7-9-17)25(32)29(16-23(31)33-4-2)19-12-10-18(26)11-13-19/h5-15H,3-4,16H2,1-2H3. The first-order chi connectivity index (χ1) is 16.0. The molecule has 4 aromatic rings. The quantitative estimate of drug-likeness (QED) is 0.392. The Bertz CT molecular complexity index is 1290. The largest absolute Gasteiger partial charge is 0.465 e. The van der Waals surface area contributed by atoms with Crippen molar-refractivity contribution >= 4 is 28.6 Å². The van der Waals surface area contributed by atoms with Crippen LogP contribution in [0.4, 0.5) is 10.1 Å². The van der Waals surface area contributed by atoms with Gasteiger partial charge in [-0.3, -0.25) is 14.5 Å². The van der Waals surface area contributed by atoms with Gasteiger partial charge in [-0.25, -0.2) is 14.1 Å². The van der Waals surface area contributed by atoms with Crippen LogP contribution in [0.2, 0.25) is 0 Å². The zero-order valence-corrected chi connectivity index (χ0v) is 18.4. The van der Waals surface area contributed by atoms with Gasteiger partial charge in [0, 0.05) is 17.8 Å². The van der Waals surface area contributed by atoms with Crippen LogP contribution >= 0.6 is 0 Å². The van der Waals surface area contributed by atoms with Crippen molar-refractivity contribution in [3.05, 3.63) is 78.2 Å². The van der Waals surface area contributed by atoms with Crippen LogP contribution in [0.25, 0.3) is 22.3 Å². The number of aromatic nitrogens is 3. The van der Waals surface area contributed by atoms with Gasteiger partial charge in [-0.2, -0.15) is 5.10 Å². The first kappa shape index (κ1) is 22.1. The van der Waals surface area contributed by atoms with E-state index in [4.69, 9.17) is 9.72 Å². The van der Waals surface area contributed by atoms with Gasteiger partial charge in [0.05, 0.1) is 29.4 Å². The molecule has 0 aliphatic carbocycles. The van der Waals surface area contributed by atoms with Crippen LogP contribution in [-0.4, -0.2) is 39.8 Å². The topological polar surface area (TPSA) is 77.3 Å². The molecule has 2 heterocycles. The number of anilines is 1. The Labute approximate surface area is 190 Å². The summed E-state index contributed by atoms with van der Waals surface area (Å²) >= 11 is 0. The van der Waals surface area contributed by atoms with Gasteiger partial charge in [-0.05, 0) is 44.2 Å². The van der Waals surface area contributed by atoms with Crippen LogP contribution in [0, 0.1) is 5.82 Å². The van der Waals surface area contributed by atoms with E-state index in [0.717, 1.165) is 5.56 Å². The van der Waals surface area contributed by atoms with Crippen molar-refractivity contribution in [3.63, 3.8) is 0 Å². The summed E-state index contributed by atoms with van der Waals surface area (Å²) in [6.07, 6.45) is 1.60. The summed E-state index contributed by atoms with van der Waals surface area (Å²) in [6, 6.07) is 16.6. The number of carbonyl (C=O) groups excluding carboxylic acids is 2. The van der Waals surface area contributed by atoms with Crippen LogP contribution in [-0.2, 0) is 16.1 Å². The van der Waals surface area contributed by atoms with Crippen LogP contribution in [0.15, 0.2) is 66.9 Å². The Morgan fingerprint density at radius 1 is 1.06 bits per heavy atom. The Morgan fingerprint density at radius 3 is 2.45 bits per heavy atom. The van der Waals surface area contributed by atoms with E-state index >= 15 is 0 Å². The highest BCUT2D eigenvalue weighted by Gasteiger charge is 2.25. The van der Waals surface area contributed by atoms with Crippen LogP contribution in [0.5, 0.6) is 0 Å². The molecular formula is C25H23FN4O3. The van der Waals surface area contributed by atoms with Gasteiger partial charge in [0.1, 0.15) is 12.4 Å². The van der Waals surface area contributed by atoms with Crippen LogP contribution in [0.1, 0.15) is 24.2 Å². The van der Waals surface area contributed by atoms with E-state index in [1.807, 2.05) is 37.3 Å². The normalized spacial score (nSPS) is 10.9. The van der Waals surface area contributed by atoms with Crippen molar-refractivity contribution in [2.45, 2.75) is 20.4 Å². The number of amides is 1. The van der Waals surface area contributed by atoms with Gasteiger partial charge in [0.25, 0.3) is 5.91 Å². The number of aryl methyl sites for hydroxylation is 1. The van der Waals surface area contributed by atoms with Crippen molar-refractivity contribution in [3.8, 4) is 11.3 Å². The molecule has 0 atom stereocenters. The lowest BCUT2D eigenvalue weighted by molar-refractivity contribution is -0.141. The van der Waals surface area contributed by atoms with Crippen LogP contribution < -0.4 is 4.90 Å². The predicted molar refractivity (Wildman–Crippen MR) is 123 cm³/mol. The molecule has 0 bridgehead atoms. The van der Waals surface area contributed by atoms with E-state index in [1.165, 1.54) is 29.2 Å². The maximum absolute atomic E-state index is 13.8. The SMILES string of the molecule is CCOC(=O)CN(C(=O)c1cc(-c2ccccc2)nc2c1cnn2CC)c1ccc(F)cc1. The third kappa shape index (κ3) is 4.59. The summed E-state index contributed by atoms with van der Waals surface area (Å²) in [7, 11) is 0. The molecule has 0 radical (unpaired) electrons. The highest BCUT2D eigenvalue weighted by Crippen LogP contribution is 2.27.